The number of nitrogens with zero attached hydrogens (tertiary/aromatic N) is 1. The summed E-state index contributed by atoms with van der Waals surface area (Å²) in [6, 6.07) is 6.25. The molecule has 84 valence electrons. The molecule has 0 amide bonds. The van der Waals surface area contributed by atoms with Crippen molar-refractivity contribution >= 4 is 0 Å². The molecule has 3 heteroatoms. The topological polar surface area (TPSA) is 33.0 Å². The molecule has 0 aliphatic heterocycles. The Balaban J connectivity index is 2.06. The number of hydrogen-bond acceptors (Lipinski definition) is 2. The van der Waals surface area contributed by atoms with Crippen molar-refractivity contribution in [2.75, 3.05) is 0 Å². The lowest BCUT2D eigenvalue weighted by atomic mass is 9.98. The molecule has 0 spiro atoms. The molecule has 0 saturated heterocycles. The molecule has 0 N–H and O–H groups in total. The first kappa shape index (κ1) is 10.9. The van der Waals surface area contributed by atoms with Crippen molar-refractivity contribution in [1.29, 1.82) is 5.26 Å². The van der Waals surface area contributed by atoms with E-state index in [2.05, 4.69) is 0 Å². The second kappa shape index (κ2) is 4.98. The van der Waals surface area contributed by atoms with Crippen molar-refractivity contribution in [2.45, 2.75) is 38.2 Å². The monoisotopic (exact) mass is 219 g/mol. The van der Waals surface area contributed by atoms with E-state index in [0.717, 1.165) is 25.7 Å². The molecule has 1 saturated carbocycles. The first-order chi connectivity index (χ1) is 7.79. The molecule has 1 aliphatic rings. The highest BCUT2D eigenvalue weighted by Gasteiger charge is 2.16. The lowest BCUT2D eigenvalue weighted by Crippen LogP contribution is -2.20. The number of halogens is 1. The molecule has 1 aliphatic carbocycles. The number of benzene rings is 1. The van der Waals surface area contributed by atoms with Crippen molar-refractivity contribution < 1.29 is 9.13 Å². The van der Waals surface area contributed by atoms with Gasteiger partial charge in [-0.3, -0.25) is 0 Å². The van der Waals surface area contributed by atoms with E-state index >= 15 is 0 Å². The van der Waals surface area contributed by atoms with Crippen LogP contribution in [-0.2, 0) is 0 Å². The fourth-order valence-corrected chi connectivity index (χ4v) is 2.03. The van der Waals surface area contributed by atoms with Crippen molar-refractivity contribution in [3.05, 3.63) is 29.6 Å². The molecule has 1 aromatic rings. The summed E-state index contributed by atoms with van der Waals surface area (Å²) in [6.45, 7) is 0. The van der Waals surface area contributed by atoms with E-state index in [1.165, 1.54) is 12.5 Å². The van der Waals surface area contributed by atoms with Gasteiger partial charge in [-0.05, 0) is 43.9 Å². The summed E-state index contributed by atoms with van der Waals surface area (Å²) in [6.07, 6.45) is 5.69. The molecule has 16 heavy (non-hydrogen) atoms. The van der Waals surface area contributed by atoms with E-state index in [0.29, 0.717) is 5.56 Å². The van der Waals surface area contributed by atoms with Gasteiger partial charge in [0.25, 0.3) is 0 Å². The van der Waals surface area contributed by atoms with Crippen LogP contribution in [0.15, 0.2) is 18.2 Å². The molecule has 0 heterocycles. The summed E-state index contributed by atoms with van der Waals surface area (Å²) in [5, 5.41) is 8.62. The molecule has 2 rings (SSSR count). The number of nitriles is 1. The lowest BCUT2D eigenvalue weighted by Gasteiger charge is -2.23. The molecule has 0 aromatic heterocycles. The van der Waals surface area contributed by atoms with Gasteiger partial charge in [-0.2, -0.15) is 5.26 Å². The normalized spacial score (nSPS) is 16.8. The third-order valence-corrected chi connectivity index (χ3v) is 2.91. The van der Waals surface area contributed by atoms with Crippen LogP contribution in [0.4, 0.5) is 4.39 Å². The van der Waals surface area contributed by atoms with E-state index in [-0.39, 0.29) is 11.9 Å². The summed E-state index contributed by atoms with van der Waals surface area (Å²) < 4.78 is 19.1. The molecular weight excluding hydrogens is 205 g/mol. The second-order valence-electron chi connectivity index (χ2n) is 4.13. The summed E-state index contributed by atoms with van der Waals surface area (Å²) >= 11 is 0. The van der Waals surface area contributed by atoms with E-state index in [9.17, 15) is 4.39 Å². The van der Waals surface area contributed by atoms with E-state index in [1.54, 1.807) is 12.1 Å². The standard InChI is InChI=1S/C13H14FNO/c14-12-8-10(9-15)6-7-13(12)16-11-4-2-1-3-5-11/h6-8,11H,1-5H2. The molecular formula is C13H14FNO. The zero-order valence-electron chi connectivity index (χ0n) is 9.08. The number of hydrogen-bond donors (Lipinski definition) is 0. The minimum Gasteiger partial charge on any atom is -0.487 e. The van der Waals surface area contributed by atoms with Crippen molar-refractivity contribution in [1.82, 2.24) is 0 Å². The molecule has 0 atom stereocenters. The third kappa shape index (κ3) is 2.52. The molecule has 1 fully saturated rings. The van der Waals surface area contributed by atoms with Crippen molar-refractivity contribution in [3.8, 4) is 11.8 Å². The van der Waals surface area contributed by atoms with Crippen LogP contribution in [0, 0.1) is 17.1 Å². The van der Waals surface area contributed by atoms with Gasteiger partial charge in [0.15, 0.2) is 11.6 Å². The Bertz CT molecular complexity index is 405. The fourth-order valence-electron chi connectivity index (χ4n) is 2.03. The van der Waals surface area contributed by atoms with Crippen LogP contribution in [0.5, 0.6) is 5.75 Å². The van der Waals surface area contributed by atoms with Crippen molar-refractivity contribution in [2.24, 2.45) is 0 Å². The van der Waals surface area contributed by atoms with Crippen LogP contribution in [0.25, 0.3) is 0 Å². The maximum absolute atomic E-state index is 13.5. The van der Waals surface area contributed by atoms with Crippen LogP contribution in [0.2, 0.25) is 0 Å². The van der Waals surface area contributed by atoms with E-state index in [1.807, 2.05) is 6.07 Å². The Hall–Kier alpha value is -1.56. The largest absolute Gasteiger partial charge is 0.487 e. The maximum atomic E-state index is 13.5. The predicted molar refractivity (Wildman–Crippen MR) is 58.6 cm³/mol. The Morgan fingerprint density at radius 1 is 1.25 bits per heavy atom. The molecule has 0 bridgehead atoms. The smallest absolute Gasteiger partial charge is 0.166 e. The Kier molecular flexibility index (Phi) is 3.40. The Morgan fingerprint density at radius 3 is 2.62 bits per heavy atom. The zero-order valence-corrected chi connectivity index (χ0v) is 9.08. The van der Waals surface area contributed by atoms with E-state index < -0.39 is 5.82 Å². The van der Waals surface area contributed by atoms with Crippen LogP contribution in [0.1, 0.15) is 37.7 Å². The SMILES string of the molecule is N#Cc1ccc(OC2CCCCC2)c(F)c1. The van der Waals surface area contributed by atoms with Gasteiger partial charge in [0, 0.05) is 0 Å². The van der Waals surface area contributed by atoms with E-state index in [4.69, 9.17) is 10.00 Å². The summed E-state index contributed by atoms with van der Waals surface area (Å²) in [7, 11) is 0. The second-order valence-corrected chi connectivity index (χ2v) is 4.13. The van der Waals surface area contributed by atoms with Crippen LogP contribution in [-0.4, -0.2) is 6.10 Å². The molecule has 0 unspecified atom stereocenters. The summed E-state index contributed by atoms with van der Waals surface area (Å²) in [4.78, 5) is 0. The average molecular weight is 219 g/mol. The van der Waals surface area contributed by atoms with Gasteiger partial charge in [0.05, 0.1) is 17.7 Å². The zero-order chi connectivity index (χ0) is 11.4. The van der Waals surface area contributed by atoms with Gasteiger partial charge >= 0.3 is 0 Å². The van der Waals surface area contributed by atoms with Gasteiger partial charge < -0.3 is 4.74 Å². The highest BCUT2D eigenvalue weighted by molar-refractivity contribution is 5.36. The van der Waals surface area contributed by atoms with Gasteiger partial charge in [0.2, 0.25) is 0 Å². The highest BCUT2D eigenvalue weighted by atomic mass is 19.1. The average Bonchev–Trinajstić information content (AvgIpc) is 2.33. The van der Waals surface area contributed by atoms with Crippen LogP contribution in [0.3, 0.4) is 0 Å². The lowest BCUT2D eigenvalue weighted by molar-refractivity contribution is 0.148. The molecule has 0 radical (unpaired) electrons. The number of rotatable bonds is 2. The quantitative estimate of drug-likeness (QED) is 0.763. The Morgan fingerprint density at radius 2 is 2.00 bits per heavy atom. The van der Waals surface area contributed by atoms with Crippen molar-refractivity contribution in [3.63, 3.8) is 0 Å². The van der Waals surface area contributed by atoms with Gasteiger partial charge in [-0.1, -0.05) is 6.42 Å². The predicted octanol–water partition coefficient (Wildman–Crippen LogP) is 3.41. The summed E-state index contributed by atoms with van der Waals surface area (Å²) in [5.74, 6) is -0.171. The van der Waals surface area contributed by atoms with Gasteiger partial charge in [0.1, 0.15) is 0 Å². The van der Waals surface area contributed by atoms with Crippen LogP contribution < -0.4 is 4.74 Å². The first-order valence-corrected chi connectivity index (χ1v) is 5.66. The first-order valence-electron chi connectivity index (χ1n) is 5.66. The minimum absolute atomic E-state index is 0.135. The Labute approximate surface area is 94.7 Å². The van der Waals surface area contributed by atoms with Gasteiger partial charge in [-0.25, -0.2) is 4.39 Å². The molecule has 1 aromatic carbocycles. The fraction of sp³-hybridized carbons (Fsp3) is 0.462. The van der Waals surface area contributed by atoms with Gasteiger partial charge in [-0.15, -0.1) is 0 Å². The maximum Gasteiger partial charge on any atom is 0.166 e. The molecule has 2 nitrogen and oxygen atoms in total. The summed E-state index contributed by atoms with van der Waals surface area (Å²) in [5.41, 5.74) is 0.327. The number of ether oxygens (including phenoxy) is 1. The minimum atomic E-state index is -0.440. The third-order valence-electron chi connectivity index (χ3n) is 2.91. The highest BCUT2D eigenvalue weighted by Crippen LogP contribution is 2.25. The van der Waals surface area contributed by atoms with Crippen LogP contribution >= 0.6 is 0 Å².